The highest BCUT2D eigenvalue weighted by molar-refractivity contribution is 8.00. The van der Waals surface area contributed by atoms with Crippen molar-refractivity contribution in [1.82, 2.24) is 0 Å². The summed E-state index contributed by atoms with van der Waals surface area (Å²) in [7, 11) is 0. The Morgan fingerprint density at radius 3 is 2.27 bits per heavy atom. The van der Waals surface area contributed by atoms with Gasteiger partial charge >= 0.3 is 11.9 Å². The summed E-state index contributed by atoms with van der Waals surface area (Å²) in [6.07, 6.45) is 11.5. The molecule has 0 aromatic heterocycles. The maximum atomic E-state index is 12.2. The van der Waals surface area contributed by atoms with Crippen LogP contribution in [0.25, 0.3) is 0 Å². The zero-order chi connectivity index (χ0) is 29.4. The smallest absolute Gasteiger partial charge is 0.308 e. The average Bonchev–Trinajstić information content (AvgIpc) is 2.84. The lowest BCUT2D eigenvalue weighted by Crippen LogP contribution is -2.61. The molecule has 0 aliphatic heterocycles. The van der Waals surface area contributed by atoms with Gasteiger partial charge in [-0.05, 0) is 96.0 Å². The normalized spacial score (nSPS) is 38.4. The predicted octanol–water partition coefficient (Wildman–Crippen LogP) is 9.27. The van der Waals surface area contributed by atoms with Crippen LogP contribution in [0.15, 0.2) is 17.7 Å². The van der Waals surface area contributed by atoms with Crippen LogP contribution in [-0.2, 0) is 15.0 Å². The van der Waals surface area contributed by atoms with Crippen molar-refractivity contribution in [3.05, 3.63) is 34.4 Å². The number of hydrogen-bond acceptors (Lipinski definition) is 5. The number of ether oxygens (including phenoxy) is 2. The van der Waals surface area contributed by atoms with Gasteiger partial charge in [-0.3, -0.25) is 9.59 Å². The molecule has 40 heavy (non-hydrogen) atoms. The number of allylic oxidation sites excluding steroid dienone is 1. The lowest BCUT2D eigenvalue weighted by Gasteiger charge is -2.69. The molecule has 3 fully saturated rings. The molecule has 0 radical (unpaired) electrons. The molecule has 4 aliphatic rings. The Morgan fingerprint density at radius 1 is 0.975 bits per heavy atom. The van der Waals surface area contributed by atoms with E-state index >= 15 is 0 Å². The van der Waals surface area contributed by atoms with Crippen molar-refractivity contribution in [1.29, 1.82) is 0 Å². The molecule has 1 aromatic rings. The summed E-state index contributed by atoms with van der Waals surface area (Å²) in [5.74, 6) is 1.47. The van der Waals surface area contributed by atoms with E-state index in [4.69, 9.17) is 9.47 Å². The van der Waals surface area contributed by atoms with Crippen LogP contribution in [0.1, 0.15) is 129 Å². The number of benzene rings is 1. The van der Waals surface area contributed by atoms with E-state index in [0.29, 0.717) is 22.2 Å². The van der Waals surface area contributed by atoms with Crippen LogP contribution in [0.4, 0.5) is 0 Å². The van der Waals surface area contributed by atoms with Gasteiger partial charge in [-0.1, -0.05) is 66.5 Å². The third-order valence-electron chi connectivity index (χ3n) is 11.9. The molecule has 1 unspecified atom stereocenters. The van der Waals surface area contributed by atoms with Crippen molar-refractivity contribution in [2.45, 2.75) is 130 Å². The van der Waals surface area contributed by atoms with E-state index in [1.54, 1.807) is 5.57 Å². The molecular weight excluding hydrogens is 516 g/mol. The highest BCUT2D eigenvalue weighted by Crippen LogP contribution is 2.74. The molecule has 5 rings (SSSR count). The van der Waals surface area contributed by atoms with Gasteiger partial charge in [0.15, 0.2) is 11.5 Å². The average molecular weight is 567 g/mol. The number of fused-ring (bicyclic) bond motifs is 7. The Labute approximate surface area is 246 Å². The van der Waals surface area contributed by atoms with Crippen molar-refractivity contribution < 1.29 is 19.1 Å². The Kier molecular flexibility index (Phi) is 7.37. The summed E-state index contributed by atoms with van der Waals surface area (Å²) in [6.45, 7) is 22.1. The van der Waals surface area contributed by atoms with Crippen molar-refractivity contribution >= 4 is 23.7 Å². The van der Waals surface area contributed by atoms with E-state index in [1.807, 2.05) is 24.8 Å². The summed E-state index contributed by atoms with van der Waals surface area (Å²) >= 11 is 1.97. The van der Waals surface area contributed by atoms with E-state index in [0.717, 1.165) is 23.8 Å². The number of rotatable bonds is 4. The molecule has 0 bridgehead atoms. The van der Waals surface area contributed by atoms with Crippen molar-refractivity contribution in [3.8, 4) is 11.5 Å². The van der Waals surface area contributed by atoms with Crippen molar-refractivity contribution in [2.75, 3.05) is 0 Å². The molecule has 220 valence electrons. The first kappa shape index (κ1) is 29.7. The molecule has 0 N–H and O–H groups in total. The van der Waals surface area contributed by atoms with Gasteiger partial charge in [0.1, 0.15) is 0 Å². The Morgan fingerprint density at radius 2 is 1.65 bits per heavy atom. The quantitative estimate of drug-likeness (QED) is 0.206. The fourth-order valence-electron chi connectivity index (χ4n) is 9.63. The second-order valence-electron chi connectivity index (χ2n) is 14.8. The highest BCUT2D eigenvalue weighted by atomic mass is 32.2. The van der Waals surface area contributed by atoms with Gasteiger partial charge < -0.3 is 9.47 Å². The first-order valence-electron chi connectivity index (χ1n) is 15.5. The summed E-state index contributed by atoms with van der Waals surface area (Å²) in [5, 5.41) is 0.580. The van der Waals surface area contributed by atoms with E-state index in [1.165, 1.54) is 63.5 Å². The minimum Gasteiger partial charge on any atom is -0.423 e. The summed E-state index contributed by atoms with van der Waals surface area (Å²) in [5.41, 5.74) is 5.60. The number of thioether (sulfide) groups is 1. The molecule has 5 heteroatoms. The molecule has 0 heterocycles. The molecule has 0 saturated heterocycles. The fraction of sp³-hybridized carbons (Fsp3) is 0.714. The van der Waals surface area contributed by atoms with Gasteiger partial charge in [0.2, 0.25) is 0 Å². The van der Waals surface area contributed by atoms with Crippen molar-refractivity contribution in [2.24, 2.45) is 28.1 Å². The second kappa shape index (κ2) is 9.92. The van der Waals surface area contributed by atoms with Crippen LogP contribution >= 0.6 is 11.8 Å². The van der Waals surface area contributed by atoms with Crippen LogP contribution in [0.2, 0.25) is 0 Å². The lowest BCUT2D eigenvalue weighted by molar-refractivity contribution is -0.145. The molecule has 4 nitrogen and oxygen atoms in total. The summed E-state index contributed by atoms with van der Waals surface area (Å²) < 4.78 is 11.5. The van der Waals surface area contributed by atoms with Gasteiger partial charge in [-0.15, -0.1) is 11.8 Å². The standard InChI is InChI=1S/C35H50O4S/c1-20(2)40-27-19-29-33(8,25-18-26(38-23(5)36)31(39-24(6)37)22(4)30(25)27)14-16-34(9)28-17-21(3)11-12-32(28,7)13-15-35(29,34)10/h18-21,27-28H,11-17H2,1-10H3/t21-,27?,28+,32+,33-,34-,35+/m0/s1. The molecular formula is C35H50O4S. The second-order valence-corrected chi connectivity index (χ2v) is 16.6. The van der Waals surface area contributed by atoms with E-state index < -0.39 is 11.9 Å². The molecule has 0 amide bonds. The maximum Gasteiger partial charge on any atom is 0.308 e. The zero-order valence-corrected chi connectivity index (χ0v) is 27.3. The molecule has 1 aromatic carbocycles. The largest absolute Gasteiger partial charge is 0.423 e. The summed E-state index contributed by atoms with van der Waals surface area (Å²) in [4.78, 5) is 24.3. The zero-order valence-electron chi connectivity index (χ0n) is 26.5. The van der Waals surface area contributed by atoms with E-state index in [2.05, 4.69) is 54.5 Å². The third kappa shape index (κ3) is 4.39. The van der Waals surface area contributed by atoms with Crippen LogP contribution in [0, 0.1) is 35.0 Å². The van der Waals surface area contributed by atoms with Gasteiger partial charge in [0.25, 0.3) is 0 Å². The fourth-order valence-corrected chi connectivity index (χ4v) is 10.9. The van der Waals surface area contributed by atoms with Crippen molar-refractivity contribution in [3.63, 3.8) is 0 Å². The number of carbonyl (C=O) groups excluding carboxylic acids is 2. The Hall–Kier alpha value is -1.75. The van der Waals surface area contributed by atoms with Crippen LogP contribution in [-0.4, -0.2) is 17.2 Å². The van der Waals surface area contributed by atoms with Crippen LogP contribution in [0.5, 0.6) is 11.5 Å². The Bertz CT molecular complexity index is 1260. The van der Waals surface area contributed by atoms with Gasteiger partial charge in [0.05, 0.1) is 0 Å². The minimum absolute atomic E-state index is 0.0960. The SMILES string of the molecule is CC(=O)Oc1cc2c(c(C)c1OC(C)=O)C(SC(C)C)C=C1[C@@]2(C)CC[C@@]2(C)[C@@H]3C[C@@H](C)CC[C@]3(C)CC[C@]12C. The number of carbonyl (C=O) groups is 2. The first-order chi connectivity index (χ1) is 18.6. The van der Waals surface area contributed by atoms with Gasteiger partial charge in [-0.2, -0.15) is 0 Å². The van der Waals surface area contributed by atoms with Crippen LogP contribution < -0.4 is 9.47 Å². The monoisotopic (exact) mass is 566 g/mol. The summed E-state index contributed by atoms with van der Waals surface area (Å²) in [6, 6.07) is 2.05. The predicted molar refractivity (Wildman–Crippen MR) is 164 cm³/mol. The highest BCUT2D eigenvalue weighted by Gasteiger charge is 2.65. The first-order valence-corrected chi connectivity index (χ1v) is 16.4. The minimum atomic E-state index is -0.407. The number of hydrogen-bond donors (Lipinski definition) is 0. The van der Waals surface area contributed by atoms with E-state index in [-0.39, 0.29) is 21.5 Å². The number of esters is 2. The maximum absolute atomic E-state index is 12.2. The van der Waals surface area contributed by atoms with Gasteiger partial charge in [0, 0.05) is 30.1 Å². The molecule has 0 spiro atoms. The molecule has 7 atom stereocenters. The van der Waals surface area contributed by atoms with Gasteiger partial charge in [-0.25, -0.2) is 0 Å². The van der Waals surface area contributed by atoms with E-state index in [9.17, 15) is 9.59 Å². The third-order valence-corrected chi connectivity index (χ3v) is 13.1. The van der Waals surface area contributed by atoms with Crippen LogP contribution in [0.3, 0.4) is 0 Å². The lowest BCUT2D eigenvalue weighted by atomic mass is 9.35. The molecule has 3 saturated carbocycles. The topological polar surface area (TPSA) is 52.6 Å². The molecule has 4 aliphatic carbocycles. The Balaban J connectivity index is 1.72.